The molecule has 3 N–H and O–H groups in total. The van der Waals surface area contributed by atoms with Crippen molar-refractivity contribution in [2.24, 2.45) is 5.73 Å². The molecule has 112 valence electrons. The number of hydrogen-bond acceptors (Lipinski definition) is 5. The van der Waals surface area contributed by atoms with Crippen LogP contribution in [-0.2, 0) is 27.5 Å². The summed E-state index contributed by atoms with van der Waals surface area (Å²) in [6.07, 6.45) is 8.43. The number of aryl methyl sites for hydroxylation is 2. The number of nitrogens with two attached hydrogens (primary N) is 1. The van der Waals surface area contributed by atoms with Gasteiger partial charge in [-0.05, 0) is 19.4 Å². The third-order valence-electron chi connectivity index (χ3n) is 2.37. The third-order valence-corrected chi connectivity index (χ3v) is 2.79. The Bertz CT molecular complexity index is 408. The molecule has 0 bridgehead atoms. The molecule has 0 spiro atoms. The number of imidazole rings is 1. The molecule has 0 saturated heterocycles. The molecular weight excluding hydrogens is 270 g/mol. The van der Waals surface area contributed by atoms with Gasteiger partial charge in [-0.3, -0.25) is 8.74 Å². The van der Waals surface area contributed by atoms with Crippen LogP contribution in [0.25, 0.3) is 0 Å². The number of hydrogen-bond donors (Lipinski definition) is 2. The molecule has 19 heavy (non-hydrogen) atoms. The summed E-state index contributed by atoms with van der Waals surface area (Å²) in [4.78, 5) is 4.31. The Morgan fingerprint density at radius 3 is 2.58 bits per heavy atom. The van der Waals surface area contributed by atoms with Crippen molar-refractivity contribution >= 4 is 10.4 Å². The van der Waals surface area contributed by atoms with Crippen LogP contribution in [0.5, 0.6) is 0 Å². The summed E-state index contributed by atoms with van der Waals surface area (Å²) < 4.78 is 31.9. The molecular formula is C11H23N3O4S. The smallest absolute Gasteiger partial charge is 0.335 e. The molecule has 0 unspecified atom stereocenters. The zero-order valence-corrected chi connectivity index (χ0v) is 12.3. The fourth-order valence-electron chi connectivity index (χ4n) is 1.36. The van der Waals surface area contributed by atoms with Crippen LogP contribution in [0, 0.1) is 0 Å². The molecule has 0 aliphatic carbocycles. The Morgan fingerprint density at radius 2 is 2.11 bits per heavy atom. The van der Waals surface area contributed by atoms with Crippen molar-refractivity contribution < 1.29 is 17.2 Å². The number of unbranched alkanes of at least 4 members (excludes halogenated alkanes) is 1. The van der Waals surface area contributed by atoms with Crippen LogP contribution in [0.2, 0.25) is 0 Å². The molecule has 1 aromatic rings. The second kappa shape index (κ2) is 9.90. The highest BCUT2D eigenvalue weighted by atomic mass is 32.3. The van der Waals surface area contributed by atoms with Gasteiger partial charge in [0.2, 0.25) is 0 Å². The van der Waals surface area contributed by atoms with Gasteiger partial charge in [-0.2, -0.15) is 8.42 Å². The summed E-state index contributed by atoms with van der Waals surface area (Å²) in [5, 5.41) is 0. The zero-order chi connectivity index (χ0) is 14.7. The first kappa shape index (κ1) is 18.0. The minimum absolute atomic E-state index is 0.751. The molecule has 1 rings (SSSR count). The van der Waals surface area contributed by atoms with Gasteiger partial charge in [-0.15, -0.1) is 0 Å². The molecule has 1 aromatic heterocycles. The fourth-order valence-corrected chi connectivity index (χ4v) is 1.36. The van der Waals surface area contributed by atoms with Gasteiger partial charge < -0.3 is 10.3 Å². The van der Waals surface area contributed by atoms with Gasteiger partial charge in [0.15, 0.2) is 0 Å². The first-order chi connectivity index (χ1) is 8.94. The molecule has 0 aliphatic heterocycles. The number of aromatic nitrogens is 2. The van der Waals surface area contributed by atoms with E-state index in [9.17, 15) is 8.42 Å². The highest BCUT2D eigenvalue weighted by Crippen LogP contribution is 2.03. The highest BCUT2D eigenvalue weighted by Gasteiger charge is 2.00. The summed E-state index contributed by atoms with van der Waals surface area (Å²) in [7, 11) is -3.29. The van der Waals surface area contributed by atoms with Crippen molar-refractivity contribution in [3.8, 4) is 0 Å². The molecule has 8 heteroatoms. The standard InChI is InChI=1S/C10H19N3.CH4O4S/c1-2-3-8-13-9-7-12-10(13)5-4-6-11;1-5-6(2,3)4/h7,9H,2-6,8,11H2,1H3;1H3,(H,2,3,4). The Balaban J connectivity index is 0.000000459. The van der Waals surface area contributed by atoms with Crippen LogP contribution in [0.3, 0.4) is 0 Å². The van der Waals surface area contributed by atoms with E-state index >= 15 is 0 Å². The minimum Gasteiger partial charge on any atom is -0.335 e. The maximum Gasteiger partial charge on any atom is 0.397 e. The number of rotatable bonds is 7. The average molecular weight is 293 g/mol. The van der Waals surface area contributed by atoms with Gasteiger partial charge in [-0.1, -0.05) is 13.3 Å². The van der Waals surface area contributed by atoms with Crippen LogP contribution >= 0.6 is 0 Å². The summed E-state index contributed by atoms with van der Waals surface area (Å²) in [6, 6.07) is 0. The lowest BCUT2D eigenvalue weighted by Gasteiger charge is -2.05. The second-order valence-electron chi connectivity index (χ2n) is 3.88. The number of nitrogens with zero attached hydrogens (tertiary/aromatic N) is 2. The van der Waals surface area contributed by atoms with Crippen molar-refractivity contribution in [1.82, 2.24) is 9.55 Å². The van der Waals surface area contributed by atoms with E-state index in [1.165, 1.54) is 18.7 Å². The molecule has 0 aromatic carbocycles. The Labute approximate surface area is 114 Å². The van der Waals surface area contributed by atoms with Crippen molar-refractivity contribution in [1.29, 1.82) is 0 Å². The largest absolute Gasteiger partial charge is 0.397 e. The van der Waals surface area contributed by atoms with E-state index in [1.807, 2.05) is 6.20 Å². The van der Waals surface area contributed by atoms with Crippen molar-refractivity contribution in [2.45, 2.75) is 39.2 Å². The minimum atomic E-state index is -4.16. The first-order valence-corrected chi connectivity index (χ1v) is 7.54. The van der Waals surface area contributed by atoms with Crippen LogP contribution in [0.4, 0.5) is 0 Å². The summed E-state index contributed by atoms with van der Waals surface area (Å²) in [6.45, 7) is 4.05. The Morgan fingerprint density at radius 1 is 1.47 bits per heavy atom. The van der Waals surface area contributed by atoms with E-state index in [1.54, 1.807) is 0 Å². The van der Waals surface area contributed by atoms with E-state index < -0.39 is 10.4 Å². The van der Waals surface area contributed by atoms with Gasteiger partial charge in [0, 0.05) is 25.4 Å². The van der Waals surface area contributed by atoms with Crippen molar-refractivity contribution in [3.05, 3.63) is 18.2 Å². The zero-order valence-electron chi connectivity index (χ0n) is 11.4. The van der Waals surface area contributed by atoms with Crippen LogP contribution < -0.4 is 5.73 Å². The summed E-state index contributed by atoms with van der Waals surface area (Å²) in [5.41, 5.74) is 5.46. The SMILES string of the molecule is CCCCn1ccnc1CCCN.COS(=O)(=O)O. The van der Waals surface area contributed by atoms with Gasteiger partial charge in [0.25, 0.3) is 0 Å². The Kier molecular flexibility index (Phi) is 9.40. The predicted octanol–water partition coefficient (Wildman–Crippen LogP) is 1.01. The van der Waals surface area contributed by atoms with Gasteiger partial charge in [0.05, 0.1) is 7.11 Å². The molecule has 0 fully saturated rings. The van der Waals surface area contributed by atoms with Crippen LogP contribution in [-0.4, -0.2) is 36.2 Å². The van der Waals surface area contributed by atoms with E-state index in [4.69, 9.17) is 10.3 Å². The van der Waals surface area contributed by atoms with E-state index in [0.29, 0.717) is 0 Å². The quantitative estimate of drug-likeness (QED) is 0.726. The van der Waals surface area contributed by atoms with Gasteiger partial charge in [-0.25, -0.2) is 4.98 Å². The average Bonchev–Trinajstić information content (AvgIpc) is 2.81. The fraction of sp³-hybridized carbons (Fsp3) is 0.727. The predicted molar refractivity (Wildman–Crippen MR) is 73.1 cm³/mol. The normalized spacial score (nSPS) is 10.9. The second-order valence-corrected chi connectivity index (χ2v) is 5.07. The molecule has 0 aliphatic rings. The lowest BCUT2D eigenvalue weighted by molar-refractivity contribution is 0.324. The van der Waals surface area contributed by atoms with Gasteiger partial charge >= 0.3 is 10.4 Å². The van der Waals surface area contributed by atoms with Crippen LogP contribution in [0.1, 0.15) is 32.0 Å². The van der Waals surface area contributed by atoms with E-state index in [-0.39, 0.29) is 0 Å². The van der Waals surface area contributed by atoms with Crippen molar-refractivity contribution in [2.75, 3.05) is 13.7 Å². The molecule has 0 atom stereocenters. The van der Waals surface area contributed by atoms with E-state index in [2.05, 4.69) is 26.9 Å². The topological polar surface area (TPSA) is 107 Å². The van der Waals surface area contributed by atoms with Gasteiger partial charge in [0.1, 0.15) is 5.82 Å². The maximum absolute atomic E-state index is 9.33. The molecule has 0 amide bonds. The molecule has 7 nitrogen and oxygen atoms in total. The molecule has 0 radical (unpaired) electrons. The lowest BCUT2D eigenvalue weighted by Crippen LogP contribution is -2.06. The first-order valence-electron chi connectivity index (χ1n) is 6.17. The Hall–Kier alpha value is -0.960. The maximum atomic E-state index is 9.33. The molecule has 1 heterocycles. The van der Waals surface area contributed by atoms with Crippen LogP contribution in [0.15, 0.2) is 12.4 Å². The third kappa shape index (κ3) is 9.60. The summed E-state index contributed by atoms with van der Waals surface area (Å²) in [5.74, 6) is 1.18. The monoisotopic (exact) mass is 293 g/mol. The van der Waals surface area contributed by atoms with Crippen molar-refractivity contribution in [3.63, 3.8) is 0 Å². The van der Waals surface area contributed by atoms with E-state index in [0.717, 1.165) is 33.0 Å². The molecule has 0 saturated carbocycles. The lowest BCUT2D eigenvalue weighted by atomic mass is 10.3. The summed E-state index contributed by atoms with van der Waals surface area (Å²) >= 11 is 0. The highest BCUT2D eigenvalue weighted by molar-refractivity contribution is 7.80.